The highest BCUT2D eigenvalue weighted by atomic mass is 16.5. The third-order valence-electron chi connectivity index (χ3n) is 2.20. The molecule has 0 saturated heterocycles. The van der Waals surface area contributed by atoms with Crippen molar-refractivity contribution >= 4 is 11.8 Å². The lowest BCUT2D eigenvalue weighted by molar-refractivity contribution is -0.146. The van der Waals surface area contributed by atoms with Crippen molar-refractivity contribution in [3.8, 4) is 0 Å². The standard InChI is InChI=1S/C13H16O3/c1-10-3-6-12(7-4-10)9-16-13(15)8-5-11(2)14/h3-4,6-7H,5,8-9H2,1-2H3. The molecule has 0 aliphatic carbocycles. The highest BCUT2D eigenvalue weighted by Gasteiger charge is 2.04. The Hall–Kier alpha value is -1.64. The fraction of sp³-hybridized carbons (Fsp3) is 0.385. The summed E-state index contributed by atoms with van der Waals surface area (Å²) in [6, 6.07) is 7.79. The molecule has 0 aliphatic rings. The van der Waals surface area contributed by atoms with Crippen molar-refractivity contribution in [2.24, 2.45) is 0 Å². The molecule has 0 fully saturated rings. The fourth-order valence-electron chi connectivity index (χ4n) is 1.20. The number of hydrogen-bond acceptors (Lipinski definition) is 3. The van der Waals surface area contributed by atoms with Gasteiger partial charge in [-0.15, -0.1) is 0 Å². The van der Waals surface area contributed by atoms with E-state index in [1.54, 1.807) is 0 Å². The average molecular weight is 220 g/mol. The van der Waals surface area contributed by atoms with E-state index in [-0.39, 0.29) is 31.2 Å². The summed E-state index contributed by atoms with van der Waals surface area (Å²) in [6.45, 7) is 3.74. The zero-order valence-corrected chi connectivity index (χ0v) is 9.66. The minimum Gasteiger partial charge on any atom is -0.461 e. The van der Waals surface area contributed by atoms with Crippen LogP contribution < -0.4 is 0 Å². The summed E-state index contributed by atoms with van der Waals surface area (Å²) in [4.78, 5) is 21.9. The maximum atomic E-state index is 11.2. The Morgan fingerprint density at radius 1 is 1.12 bits per heavy atom. The largest absolute Gasteiger partial charge is 0.461 e. The second kappa shape index (κ2) is 6.05. The number of ether oxygens (including phenoxy) is 1. The highest BCUT2D eigenvalue weighted by Crippen LogP contribution is 2.05. The van der Waals surface area contributed by atoms with E-state index < -0.39 is 0 Å². The highest BCUT2D eigenvalue weighted by molar-refractivity contribution is 5.80. The van der Waals surface area contributed by atoms with Crippen LogP contribution in [0.4, 0.5) is 0 Å². The van der Waals surface area contributed by atoms with Crippen LogP contribution in [-0.2, 0) is 20.9 Å². The Kier molecular flexibility index (Phi) is 4.70. The molecule has 0 atom stereocenters. The minimum atomic E-state index is -0.323. The molecule has 86 valence electrons. The summed E-state index contributed by atoms with van der Waals surface area (Å²) in [5, 5.41) is 0. The number of carbonyl (C=O) groups excluding carboxylic acids is 2. The van der Waals surface area contributed by atoms with Gasteiger partial charge >= 0.3 is 5.97 Å². The van der Waals surface area contributed by atoms with Crippen molar-refractivity contribution in [2.45, 2.75) is 33.3 Å². The van der Waals surface area contributed by atoms with Gasteiger partial charge in [-0.05, 0) is 19.4 Å². The molecule has 1 aromatic rings. The predicted molar refractivity (Wildman–Crippen MR) is 60.9 cm³/mol. The van der Waals surface area contributed by atoms with Crippen LogP contribution in [0.2, 0.25) is 0 Å². The normalized spacial score (nSPS) is 9.88. The Morgan fingerprint density at radius 2 is 1.75 bits per heavy atom. The summed E-state index contributed by atoms with van der Waals surface area (Å²) in [5.41, 5.74) is 2.13. The van der Waals surface area contributed by atoms with Gasteiger partial charge in [-0.3, -0.25) is 4.79 Å². The van der Waals surface area contributed by atoms with Crippen molar-refractivity contribution in [3.05, 3.63) is 35.4 Å². The molecule has 1 rings (SSSR count). The second-order valence-corrected chi connectivity index (χ2v) is 3.85. The number of esters is 1. The van der Waals surface area contributed by atoms with E-state index in [2.05, 4.69) is 0 Å². The van der Waals surface area contributed by atoms with Gasteiger partial charge in [-0.25, -0.2) is 0 Å². The first-order valence-corrected chi connectivity index (χ1v) is 5.28. The minimum absolute atomic E-state index is 0.00675. The lowest BCUT2D eigenvalue weighted by atomic mass is 10.2. The maximum Gasteiger partial charge on any atom is 0.306 e. The summed E-state index contributed by atoms with van der Waals surface area (Å²) >= 11 is 0. The van der Waals surface area contributed by atoms with Crippen molar-refractivity contribution < 1.29 is 14.3 Å². The molecule has 0 spiro atoms. The molecule has 0 N–H and O–H groups in total. The maximum absolute atomic E-state index is 11.2. The topological polar surface area (TPSA) is 43.4 Å². The third kappa shape index (κ3) is 4.73. The van der Waals surface area contributed by atoms with E-state index in [4.69, 9.17) is 4.74 Å². The molecule has 0 bridgehead atoms. The molecule has 0 aliphatic heterocycles. The Balaban J connectivity index is 2.31. The van der Waals surface area contributed by atoms with Gasteiger partial charge in [0, 0.05) is 6.42 Å². The van der Waals surface area contributed by atoms with Crippen LogP contribution in [0, 0.1) is 6.92 Å². The van der Waals surface area contributed by atoms with Gasteiger partial charge in [0.2, 0.25) is 0 Å². The first-order chi connectivity index (χ1) is 7.58. The van der Waals surface area contributed by atoms with E-state index in [9.17, 15) is 9.59 Å². The molecule has 0 saturated carbocycles. The van der Waals surface area contributed by atoms with Gasteiger partial charge in [-0.2, -0.15) is 0 Å². The van der Waals surface area contributed by atoms with Gasteiger partial charge in [0.1, 0.15) is 12.4 Å². The molecule has 0 unspecified atom stereocenters. The van der Waals surface area contributed by atoms with Crippen molar-refractivity contribution in [1.29, 1.82) is 0 Å². The molecule has 0 aromatic heterocycles. The van der Waals surface area contributed by atoms with Crippen molar-refractivity contribution in [3.63, 3.8) is 0 Å². The molecule has 3 heteroatoms. The predicted octanol–water partition coefficient (Wildman–Crippen LogP) is 2.41. The third-order valence-corrected chi connectivity index (χ3v) is 2.20. The van der Waals surface area contributed by atoms with E-state index in [0.717, 1.165) is 5.56 Å². The lowest BCUT2D eigenvalue weighted by Gasteiger charge is -2.04. The van der Waals surface area contributed by atoms with E-state index in [0.29, 0.717) is 0 Å². The van der Waals surface area contributed by atoms with Crippen LogP contribution in [0.5, 0.6) is 0 Å². The number of carbonyl (C=O) groups is 2. The van der Waals surface area contributed by atoms with Crippen LogP contribution in [-0.4, -0.2) is 11.8 Å². The van der Waals surface area contributed by atoms with Crippen LogP contribution in [0.3, 0.4) is 0 Å². The first kappa shape index (κ1) is 12.4. The van der Waals surface area contributed by atoms with Crippen LogP contribution in [0.25, 0.3) is 0 Å². The average Bonchev–Trinajstić information content (AvgIpc) is 2.25. The first-order valence-electron chi connectivity index (χ1n) is 5.28. The molecule has 0 heterocycles. The van der Waals surface area contributed by atoms with E-state index in [1.165, 1.54) is 12.5 Å². The van der Waals surface area contributed by atoms with Crippen LogP contribution in [0.1, 0.15) is 30.9 Å². The lowest BCUT2D eigenvalue weighted by Crippen LogP contribution is -2.06. The fourth-order valence-corrected chi connectivity index (χ4v) is 1.20. The van der Waals surface area contributed by atoms with Crippen molar-refractivity contribution in [1.82, 2.24) is 0 Å². The molecule has 0 radical (unpaired) electrons. The Bertz CT molecular complexity index is 365. The van der Waals surface area contributed by atoms with Gasteiger partial charge < -0.3 is 9.53 Å². The van der Waals surface area contributed by atoms with Crippen molar-refractivity contribution in [2.75, 3.05) is 0 Å². The SMILES string of the molecule is CC(=O)CCC(=O)OCc1ccc(C)cc1. The number of Topliss-reactive ketones (excluding diaryl/α,β-unsaturated/α-hetero) is 1. The number of aryl methyl sites for hydroxylation is 1. The number of rotatable bonds is 5. The molecule has 1 aromatic carbocycles. The number of benzene rings is 1. The van der Waals surface area contributed by atoms with Crippen LogP contribution >= 0.6 is 0 Å². The summed E-state index contributed by atoms with van der Waals surface area (Å²) in [6.07, 6.45) is 0.425. The Morgan fingerprint density at radius 3 is 2.31 bits per heavy atom. The monoisotopic (exact) mass is 220 g/mol. The smallest absolute Gasteiger partial charge is 0.306 e. The zero-order valence-electron chi connectivity index (χ0n) is 9.66. The Labute approximate surface area is 95.4 Å². The van der Waals surface area contributed by atoms with Gasteiger partial charge in [0.25, 0.3) is 0 Å². The van der Waals surface area contributed by atoms with Gasteiger partial charge in [0.05, 0.1) is 6.42 Å². The summed E-state index contributed by atoms with van der Waals surface area (Å²) in [7, 11) is 0. The van der Waals surface area contributed by atoms with Gasteiger partial charge in [-0.1, -0.05) is 29.8 Å². The summed E-state index contributed by atoms with van der Waals surface area (Å²) in [5.74, 6) is -0.317. The number of hydrogen-bond donors (Lipinski definition) is 0. The molecular weight excluding hydrogens is 204 g/mol. The van der Waals surface area contributed by atoms with E-state index >= 15 is 0 Å². The second-order valence-electron chi connectivity index (χ2n) is 3.85. The van der Waals surface area contributed by atoms with Gasteiger partial charge in [0.15, 0.2) is 0 Å². The molecular formula is C13H16O3. The van der Waals surface area contributed by atoms with E-state index in [1.807, 2.05) is 31.2 Å². The summed E-state index contributed by atoms with van der Waals surface area (Å²) < 4.78 is 5.03. The zero-order chi connectivity index (χ0) is 12.0. The molecule has 16 heavy (non-hydrogen) atoms. The molecule has 0 amide bonds. The quantitative estimate of drug-likeness (QED) is 0.716. The number of ketones is 1. The molecule has 3 nitrogen and oxygen atoms in total. The van der Waals surface area contributed by atoms with Crippen LogP contribution in [0.15, 0.2) is 24.3 Å².